The molecule has 0 radical (unpaired) electrons. The van der Waals surface area contributed by atoms with Crippen molar-refractivity contribution in [1.82, 2.24) is 10.2 Å². The summed E-state index contributed by atoms with van der Waals surface area (Å²) in [7, 11) is 0. The average Bonchev–Trinajstić information content (AvgIpc) is 2.68. The maximum atomic E-state index is 11.9. The molecule has 80 valence electrons. The highest BCUT2D eigenvalue weighted by Crippen LogP contribution is 2.11. The minimum absolute atomic E-state index is 0.135. The zero-order valence-corrected chi connectivity index (χ0v) is 9.05. The molecule has 0 spiro atoms. The molecular weight excluding hydrogens is 212 g/mol. The summed E-state index contributed by atoms with van der Waals surface area (Å²) in [5.74, 6) is -0.311. The fraction of sp³-hybridized carbons (Fsp3) is 0.400. The van der Waals surface area contributed by atoms with Gasteiger partial charge in [0.15, 0.2) is 0 Å². The number of nitrogens with one attached hydrogen (secondary N) is 1. The smallest absolute Gasteiger partial charge is 0.261 e. The second kappa shape index (κ2) is 4.55. The molecule has 0 saturated carbocycles. The summed E-state index contributed by atoms with van der Waals surface area (Å²) in [6.07, 6.45) is 0.821. The molecule has 2 heterocycles. The first-order valence-electron chi connectivity index (χ1n) is 4.86. The lowest BCUT2D eigenvalue weighted by Crippen LogP contribution is -2.39. The number of nitrogens with zero attached hydrogens (tertiary/aromatic N) is 1. The zero-order chi connectivity index (χ0) is 10.7. The van der Waals surface area contributed by atoms with Crippen LogP contribution in [-0.4, -0.2) is 36.3 Å². The highest BCUT2D eigenvalue weighted by molar-refractivity contribution is 7.08. The SMILES string of the molecule is O=C1CNCCCN1C(=O)c1ccsc1. The third-order valence-electron chi connectivity index (χ3n) is 2.33. The van der Waals surface area contributed by atoms with E-state index < -0.39 is 0 Å². The fourth-order valence-corrected chi connectivity index (χ4v) is 2.16. The standard InChI is InChI=1S/C10H12N2O2S/c13-9-6-11-3-1-4-12(9)10(14)8-2-5-15-7-8/h2,5,7,11H,1,3-4,6H2. The Morgan fingerprint density at radius 3 is 3.13 bits per heavy atom. The van der Waals surface area contributed by atoms with Crippen molar-refractivity contribution in [2.45, 2.75) is 6.42 Å². The maximum Gasteiger partial charge on any atom is 0.261 e. The Kier molecular flexibility index (Phi) is 3.13. The number of carbonyl (C=O) groups excluding carboxylic acids is 2. The Morgan fingerprint density at radius 1 is 1.53 bits per heavy atom. The van der Waals surface area contributed by atoms with E-state index in [9.17, 15) is 9.59 Å². The monoisotopic (exact) mass is 224 g/mol. The van der Waals surface area contributed by atoms with Crippen LogP contribution < -0.4 is 5.32 Å². The topological polar surface area (TPSA) is 49.4 Å². The average molecular weight is 224 g/mol. The molecule has 1 aliphatic rings. The summed E-state index contributed by atoms with van der Waals surface area (Å²) in [5.41, 5.74) is 0.607. The predicted octanol–water partition coefficient (Wildman–Crippen LogP) is 0.710. The molecule has 2 rings (SSSR count). The predicted molar refractivity (Wildman–Crippen MR) is 57.8 cm³/mol. The van der Waals surface area contributed by atoms with Gasteiger partial charge in [0.25, 0.3) is 5.91 Å². The second-order valence-corrected chi connectivity index (χ2v) is 4.17. The molecule has 0 unspecified atom stereocenters. The lowest BCUT2D eigenvalue weighted by atomic mass is 10.3. The van der Waals surface area contributed by atoms with Gasteiger partial charge in [0.2, 0.25) is 5.91 Å². The highest BCUT2D eigenvalue weighted by Gasteiger charge is 2.23. The van der Waals surface area contributed by atoms with Gasteiger partial charge in [-0.2, -0.15) is 11.3 Å². The van der Waals surface area contributed by atoms with Crippen molar-refractivity contribution in [2.75, 3.05) is 19.6 Å². The Hall–Kier alpha value is -1.20. The van der Waals surface area contributed by atoms with Crippen LogP contribution in [0, 0.1) is 0 Å². The summed E-state index contributed by atoms with van der Waals surface area (Å²) < 4.78 is 0. The van der Waals surface area contributed by atoms with E-state index in [0.717, 1.165) is 13.0 Å². The van der Waals surface area contributed by atoms with Gasteiger partial charge in [-0.3, -0.25) is 14.5 Å². The van der Waals surface area contributed by atoms with E-state index in [4.69, 9.17) is 0 Å². The number of hydrogen-bond donors (Lipinski definition) is 1. The molecule has 1 fully saturated rings. The van der Waals surface area contributed by atoms with Crippen LogP contribution in [0.3, 0.4) is 0 Å². The van der Waals surface area contributed by atoms with Gasteiger partial charge in [-0.25, -0.2) is 0 Å². The lowest BCUT2D eigenvalue weighted by Gasteiger charge is -2.17. The molecule has 4 nitrogen and oxygen atoms in total. The molecule has 1 aliphatic heterocycles. The van der Waals surface area contributed by atoms with Crippen LogP contribution in [0.1, 0.15) is 16.8 Å². The molecule has 0 bridgehead atoms. The van der Waals surface area contributed by atoms with Crippen LogP contribution in [0.4, 0.5) is 0 Å². The Bertz CT molecular complexity index is 362. The van der Waals surface area contributed by atoms with E-state index in [0.29, 0.717) is 12.1 Å². The van der Waals surface area contributed by atoms with E-state index in [1.54, 1.807) is 11.4 Å². The Balaban J connectivity index is 2.14. The number of carbonyl (C=O) groups is 2. The van der Waals surface area contributed by atoms with Crippen molar-refractivity contribution in [1.29, 1.82) is 0 Å². The van der Waals surface area contributed by atoms with E-state index in [-0.39, 0.29) is 18.4 Å². The van der Waals surface area contributed by atoms with Gasteiger partial charge in [0.05, 0.1) is 12.1 Å². The normalized spacial score (nSPS) is 17.6. The van der Waals surface area contributed by atoms with Crippen molar-refractivity contribution >= 4 is 23.2 Å². The molecule has 5 heteroatoms. The first kappa shape index (κ1) is 10.3. The molecule has 0 aliphatic carbocycles. The molecule has 15 heavy (non-hydrogen) atoms. The van der Waals surface area contributed by atoms with Crippen LogP contribution in [0.15, 0.2) is 16.8 Å². The zero-order valence-electron chi connectivity index (χ0n) is 8.23. The first-order valence-corrected chi connectivity index (χ1v) is 5.81. The number of thiophene rings is 1. The molecule has 0 atom stereocenters. The molecular formula is C10H12N2O2S. The largest absolute Gasteiger partial charge is 0.308 e. The number of hydrogen-bond acceptors (Lipinski definition) is 4. The first-order chi connectivity index (χ1) is 7.29. The second-order valence-electron chi connectivity index (χ2n) is 3.39. The minimum atomic E-state index is -0.176. The number of amides is 2. The fourth-order valence-electron chi connectivity index (χ4n) is 1.53. The number of rotatable bonds is 1. The van der Waals surface area contributed by atoms with Crippen molar-refractivity contribution in [3.05, 3.63) is 22.4 Å². The Labute approximate surface area is 91.9 Å². The molecule has 1 saturated heterocycles. The van der Waals surface area contributed by atoms with E-state index in [1.807, 2.05) is 5.38 Å². The molecule has 1 aromatic rings. The molecule has 1 N–H and O–H groups in total. The van der Waals surface area contributed by atoms with Crippen molar-refractivity contribution in [2.24, 2.45) is 0 Å². The third kappa shape index (κ3) is 2.24. The van der Waals surface area contributed by atoms with Gasteiger partial charge in [0.1, 0.15) is 0 Å². The van der Waals surface area contributed by atoms with Crippen LogP contribution in [0.2, 0.25) is 0 Å². The minimum Gasteiger partial charge on any atom is -0.308 e. The maximum absolute atomic E-state index is 11.9. The van der Waals surface area contributed by atoms with Crippen LogP contribution in [0.25, 0.3) is 0 Å². The molecule has 0 aromatic carbocycles. The van der Waals surface area contributed by atoms with Gasteiger partial charge in [0, 0.05) is 11.9 Å². The van der Waals surface area contributed by atoms with Gasteiger partial charge in [-0.1, -0.05) is 0 Å². The van der Waals surface area contributed by atoms with Crippen LogP contribution in [0.5, 0.6) is 0 Å². The number of imide groups is 1. The van der Waals surface area contributed by atoms with E-state index >= 15 is 0 Å². The summed E-state index contributed by atoms with van der Waals surface area (Å²) >= 11 is 1.46. The van der Waals surface area contributed by atoms with Gasteiger partial charge in [-0.15, -0.1) is 0 Å². The Morgan fingerprint density at radius 2 is 2.40 bits per heavy atom. The van der Waals surface area contributed by atoms with Crippen LogP contribution in [-0.2, 0) is 4.79 Å². The van der Waals surface area contributed by atoms with Gasteiger partial charge >= 0.3 is 0 Å². The van der Waals surface area contributed by atoms with E-state index in [1.165, 1.54) is 16.2 Å². The molecule has 2 amide bonds. The quantitative estimate of drug-likeness (QED) is 0.715. The summed E-state index contributed by atoms with van der Waals surface area (Å²) in [6.45, 7) is 1.57. The highest BCUT2D eigenvalue weighted by atomic mass is 32.1. The summed E-state index contributed by atoms with van der Waals surface area (Å²) in [6, 6.07) is 1.75. The van der Waals surface area contributed by atoms with Crippen molar-refractivity contribution in [3.63, 3.8) is 0 Å². The van der Waals surface area contributed by atoms with E-state index in [2.05, 4.69) is 5.32 Å². The third-order valence-corrected chi connectivity index (χ3v) is 3.01. The summed E-state index contributed by atoms with van der Waals surface area (Å²) in [5, 5.41) is 6.60. The molecule has 1 aromatic heterocycles. The van der Waals surface area contributed by atoms with Crippen LogP contribution >= 0.6 is 11.3 Å². The summed E-state index contributed by atoms with van der Waals surface area (Å²) in [4.78, 5) is 24.8. The van der Waals surface area contributed by atoms with Gasteiger partial charge < -0.3 is 5.32 Å². The van der Waals surface area contributed by atoms with Gasteiger partial charge in [-0.05, 0) is 24.4 Å². The van der Waals surface area contributed by atoms with Crippen molar-refractivity contribution in [3.8, 4) is 0 Å². The van der Waals surface area contributed by atoms with Crippen molar-refractivity contribution < 1.29 is 9.59 Å². The lowest BCUT2D eigenvalue weighted by molar-refractivity contribution is -0.127.